The number of rotatable bonds is 5. The molecule has 146 valence electrons. The number of halogens is 1. The quantitative estimate of drug-likeness (QED) is 0.515. The molecule has 2 heterocycles. The molecule has 4 nitrogen and oxygen atoms in total. The molecule has 1 aliphatic rings. The first-order valence-corrected chi connectivity index (χ1v) is 9.80. The number of ether oxygens (including phenoxy) is 1. The molecule has 2 aromatic heterocycles. The molecule has 0 bridgehead atoms. The van der Waals surface area contributed by atoms with Crippen molar-refractivity contribution in [3.8, 4) is 28.0 Å². The van der Waals surface area contributed by atoms with Crippen molar-refractivity contribution in [3.63, 3.8) is 0 Å². The van der Waals surface area contributed by atoms with E-state index < -0.39 is 0 Å². The van der Waals surface area contributed by atoms with Crippen LogP contribution in [0.5, 0.6) is 5.75 Å². The van der Waals surface area contributed by atoms with Crippen LogP contribution in [0.3, 0.4) is 0 Å². The maximum absolute atomic E-state index is 13.8. The highest BCUT2D eigenvalue weighted by Crippen LogP contribution is 2.38. The van der Waals surface area contributed by atoms with Crippen molar-refractivity contribution in [1.82, 2.24) is 9.55 Å². The van der Waals surface area contributed by atoms with Crippen molar-refractivity contribution in [2.75, 3.05) is 6.61 Å². The number of hydrogen-bond acceptors (Lipinski definition) is 2. The van der Waals surface area contributed by atoms with Gasteiger partial charge in [-0.15, -0.1) is 0 Å². The van der Waals surface area contributed by atoms with Crippen LogP contribution in [0.15, 0.2) is 65.7 Å². The lowest BCUT2D eigenvalue weighted by Gasteiger charge is -2.15. The Labute approximate surface area is 167 Å². The number of aryl methyl sites for hydroxylation is 1. The monoisotopic (exact) mass is 388 g/mol. The largest absolute Gasteiger partial charge is 0.493 e. The first-order chi connectivity index (χ1) is 14.1. The third-order valence-electron chi connectivity index (χ3n) is 5.49. The molecule has 1 aliphatic carbocycles. The fourth-order valence-electron chi connectivity index (χ4n) is 3.69. The van der Waals surface area contributed by atoms with Gasteiger partial charge in [0.1, 0.15) is 17.1 Å². The van der Waals surface area contributed by atoms with Gasteiger partial charge < -0.3 is 14.3 Å². The van der Waals surface area contributed by atoms with Crippen LogP contribution in [0.4, 0.5) is 4.39 Å². The Bertz CT molecular complexity index is 1270. The topological polar surface area (TPSA) is 47.0 Å². The number of benzene rings is 2. The van der Waals surface area contributed by atoms with Crippen molar-refractivity contribution in [2.45, 2.75) is 12.8 Å². The maximum Gasteiger partial charge on any atom is 0.274 e. The van der Waals surface area contributed by atoms with Crippen LogP contribution in [-0.2, 0) is 7.05 Å². The molecule has 0 radical (unpaired) electrons. The van der Waals surface area contributed by atoms with E-state index in [-0.39, 0.29) is 11.4 Å². The van der Waals surface area contributed by atoms with E-state index in [1.807, 2.05) is 36.5 Å². The minimum Gasteiger partial charge on any atom is -0.493 e. The fourth-order valence-corrected chi connectivity index (χ4v) is 3.69. The molecule has 4 aromatic rings. The Hall–Kier alpha value is -3.34. The number of H-pyrrole nitrogens is 1. The van der Waals surface area contributed by atoms with Crippen molar-refractivity contribution >= 4 is 10.9 Å². The molecule has 0 amide bonds. The Morgan fingerprint density at radius 3 is 2.72 bits per heavy atom. The maximum atomic E-state index is 13.8. The summed E-state index contributed by atoms with van der Waals surface area (Å²) in [6.07, 6.45) is 6.03. The fraction of sp³-hybridized carbons (Fsp3) is 0.208. The second-order valence-corrected chi connectivity index (χ2v) is 7.70. The molecule has 1 N–H and O–H groups in total. The van der Waals surface area contributed by atoms with Crippen molar-refractivity contribution in [3.05, 3.63) is 77.1 Å². The number of nitrogens with one attached hydrogen (secondary N) is 1. The van der Waals surface area contributed by atoms with Gasteiger partial charge in [0.15, 0.2) is 0 Å². The number of nitrogens with zero attached hydrogens (tertiary/aromatic N) is 1. The van der Waals surface area contributed by atoms with E-state index in [2.05, 4.69) is 4.98 Å². The van der Waals surface area contributed by atoms with Gasteiger partial charge in [0, 0.05) is 36.0 Å². The van der Waals surface area contributed by atoms with Gasteiger partial charge in [0.05, 0.1) is 6.61 Å². The lowest BCUT2D eigenvalue weighted by Crippen LogP contribution is -2.16. The third kappa shape index (κ3) is 3.33. The summed E-state index contributed by atoms with van der Waals surface area (Å²) in [5.41, 5.74) is 4.00. The molecule has 0 aliphatic heterocycles. The molecule has 2 aromatic carbocycles. The highest BCUT2D eigenvalue weighted by molar-refractivity contribution is 5.96. The van der Waals surface area contributed by atoms with Gasteiger partial charge in [-0.3, -0.25) is 4.79 Å². The minimum absolute atomic E-state index is 0.0736. The summed E-state index contributed by atoms with van der Waals surface area (Å²) in [6, 6.07) is 14.4. The van der Waals surface area contributed by atoms with Gasteiger partial charge >= 0.3 is 0 Å². The number of pyridine rings is 1. The van der Waals surface area contributed by atoms with Crippen LogP contribution in [0.25, 0.3) is 33.2 Å². The zero-order chi connectivity index (χ0) is 20.0. The molecule has 0 unspecified atom stereocenters. The zero-order valence-electron chi connectivity index (χ0n) is 16.1. The standard InChI is InChI=1S/C24H21FN2O2/c1-27-13-21(19-9-10-26-23(19)24(27)28)20-12-17(16-3-2-4-18(25)11-16)7-8-22(20)29-14-15-5-6-15/h2-4,7-13,15,26H,5-6,14H2,1H3. The Morgan fingerprint density at radius 2 is 1.93 bits per heavy atom. The minimum atomic E-state index is -0.270. The summed E-state index contributed by atoms with van der Waals surface area (Å²) >= 11 is 0. The summed E-state index contributed by atoms with van der Waals surface area (Å²) < 4.78 is 21.5. The molecule has 0 atom stereocenters. The van der Waals surface area contributed by atoms with E-state index in [1.54, 1.807) is 23.9 Å². The number of hydrogen-bond donors (Lipinski definition) is 1. The van der Waals surface area contributed by atoms with Crippen LogP contribution >= 0.6 is 0 Å². The van der Waals surface area contributed by atoms with Crippen LogP contribution < -0.4 is 10.3 Å². The van der Waals surface area contributed by atoms with Gasteiger partial charge in [0.25, 0.3) is 5.56 Å². The second kappa shape index (κ2) is 6.92. The van der Waals surface area contributed by atoms with Gasteiger partial charge in [-0.2, -0.15) is 0 Å². The van der Waals surface area contributed by atoms with Crippen LogP contribution in [0.2, 0.25) is 0 Å². The molecule has 29 heavy (non-hydrogen) atoms. The van der Waals surface area contributed by atoms with E-state index in [0.717, 1.165) is 33.4 Å². The molecule has 1 fully saturated rings. The third-order valence-corrected chi connectivity index (χ3v) is 5.49. The molecule has 0 spiro atoms. The van der Waals surface area contributed by atoms with Gasteiger partial charge in [-0.25, -0.2) is 4.39 Å². The summed E-state index contributed by atoms with van der Waals surface area (Å²) in [5.74, 6) is 1.13. The van der Waals surface area contributed by atoms with E-state index >= 15 is 0 Å². The van der Waals surface area contributed by atoms with E-state index in [9.17, 15) is 9.18 Å². The normalized spacial score (nSPS) is 13.7. The van der Waals surface area contributed by atoms with Crippen molar-refractivity contribution in [1.29, 1.82) is 0 Å². The van der Waals surface area contributed by atoms with E-state index in [1.165, 1.54) is 25.0 Å². The average Bonchev–Trinajstić information content (AvgIpc) is 3.43. The molecule has 5 heteroatoms. The summed E-state index contributed by atoms with van der Waals surface area (Å²) in [4.78, 5) is 15.5. The predicted octanol–water partition coefficient (Wildman–Crippen LogP) is 5.13. The number of fused-ring (bicyclic) bond motifs is 1. The van der Waals surface area contributed by atoms with Gasteiger partial charge in [-0.05, 0) is 60.2 Å². The second-order valence-electron chi connectivity index (χ2n) is 7.70. The number of aromatic nitrogens is 2. The smallest absolute Gasteiger partial charge is 0.274 e. The van der Waals surface area contributed by atoms with Gasteiger partial charge in [-0.1, -0.05) is 18.2 Å². The Balaban J connectivity index is 1.70. The lowest BCUT2D eigenvalue weighted by atomic mass is 9.97. The van der Waals surface area contributed by atoms with Gasteiger partial charge in [0.2, 0.25) is 0 Å². The Kier molecular flexibility index (Phi) is 4.23. The predicted molar refractivity (Wildman–Crippen MR) is 113 cm³/mol. The average molecular weight is 388 g/mol. The zero-order valence-corrected chi connectivity index (χ0v) is 16.1. The Morgan fingerprint density at radius 1 is 1.10 bits per heavy atom. The van der Waals surface area contributed by atoms with Crippen molar-refractivity contribution in [2.24, 2.45) is 13.0 Å². The first kappa shape index (κ1) is 17.7. The van der Waals surface area contributed by atoms with Crippen LogP contribution in [0, 0.1) is 11.7 Å². The summed E-state index contributed by atoms with van der Waals surface area (Å²) in [6.45, 7) is 0.689. The van der Waals surface area contributed by atoms with Crippen LogP contribution in [0.1, 0.15) is 12.8 Å². The summed E-state index contributed by atoms with van der Waals surface area (Å²) in [7, 11) is 1.74. The van der Waals surface area contributed by atoms with Crippen molar-refractivity contribution < 1.29 is 9.13 Å². The molecular weight excluding hydrogens is 367 g/mol. The summed E-state index contributed by atoms with van der Waals surface area (Å²) in [5, 5.41) is 0.848. The molecule has 1 saturated carbocycles. The molecular formula is C24H21FN2O2. The first-order valence-electron chi connectivity index (χ1n) is 9.80. The van der Waals surface area contributed by atoms with E-state index in [4.69, 9.17) is 4.74 Å². The molecule has 5 rings (SSSR count). The number of aromatic amines is 1. The van der Waals surface area contributed by atoms with E-state index in [0.29, 0.717) is 18.0 Å². The van der Waals surface area contributed by atoms with Crippen LogP contribution in [-0.4, -0.2) is 16.2 Å². The molecule has 0 saturated heterocycles. The highest BCUT2D eigenvalue weighted by Gasteiger charge is 2.23. The highest BCUT2D eigenvalue weighted by atomic mass is 19.1. The lowest BCUT2D eigenvalue weighted by molar-refractivity contribution is 0.301. The SMILES string of the molecule is Cn1cc(-c2cc(-c3cccc(F)c3)ccc2OCC2CC2)c2cc[nH]c2c1=O.